The number of ether oxygens (including phenoxy) is 3. The summed E-state index contributed by atoms with van der Waals surface area (Å²) in [5.41, 5.74) is 0.675. The summed E-state index contributed by atoms with van der Waals surface area (Å²) < 4.78 is 14.7. The molecule has 1 aromatic rings. The number of methoxy groups -OCH3 is 1. The lowest BCUT2D eigenvalue weighted by Crippen LogP contribution is -2.11. The van der Waals surface area contributed by atoms with Gasteiger partial charge >= 0.3 is 6.16 Å². The maximum atomic E-state index is 11.1. The number of alkyl halides is 1. The van der Waals surface area contributed by atoms with Crippen LogP contribution < -0.4 is 9.47 Å². The van der Waals surface area contributed by atoms with E-state index in [-0.39, 0.29) is 12.5 Å². The van der Waals surface area contributed by atoms with Crippen molar-refractivity contribution in [3.63, 3.8) is 0 Å². The molecular formula is C11H13ClO4. The van der Waals surface area contributed by atoms with Gasteiger partial charge < -0.3 is 14.2 Å². The van der Waals surface area contributed by atoms with Gasteiger partial charge in [0.2, 0.25) is 0 Å². The van der Waals surface area contributed by atoms with Crippen molar-refractivity contribution >= 4 is 17.8 Å². The Morgan fingerprint density at radius 3 is 2.75 bits per heavy atom. The summed E-state index contributed by atoms with van der Waals surface area (Å²) in [6.07, 6.45) is -0.737. The first kappa shape index (κ1) is 12.6. The normalized spacial score (nSPS) is 9.69. The van der Waals surface area contributed by atoms with Crippen molar-refractivity contribution in [1.82, 2.24) is 0 Å². The summed E-state index contributed by atoms with van der Waals surface area (Å²) in [5, 5.41) is 0. The monoisotopic (exact) mass is 244 g/mol. The van der Waals surface area contributed by atoms with Gasteiger partial charge in [-0.1, -0.05) is 0 Å². The minimum Gasteiger partial charge on any atom is -0.497 e. The van der Waals surface area contributed by atoms with Crippen molar-refractivity contribution in [2.45, 2.75) is 12.8 Å². The topological polar surface area (TPSA) is 44.8 Å². The van der Waals surface area contributed by atoms with Crippen molar-refractivity contribution in [1.29, 1.82) is 0 Å². The number of carbonyl (C=O) groups is 1. The maximum absolute atomic E-state index is 11.1. The molecule has 0 unspecified atom stereocenters. The fourth-order valence-corrected chi connectivity index (χ4v) is 1.33. The van der Waals surface area contributed by atoms with Gasteiger partial charge in [-0.15, -0.1) is 11.6 Å². The van der Waals surface area contributed by atoms with Gasteiger partial charge in [-0.3, -0.25) is 0 Å². The third-order valence-electron chi connectivity index (χ3n) is 1.87. The van der Waals surface area contributed by atoms with Crippen LogP contribution in [-0.2, 0) is 10.6 Å². The molecule has 0 heterocycles. The summed E-state index contributed by atoms with van der Waals surface area (Å²) in [7, 11) is 1.55. The standard InChI is InChI=1S/C11H13ClO4/c1-3-15-11(13)16-10-5-4-9(14-2)6-8(10)7-12/h4-6H,3,7H2,1-2H3. The molecule has 0 radical (unpaired) electrons. The molecule has 4 nitrogen and oxygen atoms in total. The van der Waals surface area contributed by atoms with Crippen molar-refractivity contribution in [3.05, 3.63) is 23.8 Å². The Morgan fingerprint density at radius 2 is 2.19 bits per heavy atom. The minimum atomic E-state index is -0.737. The van der Waals surface area contributed by atoms with Gasteiger partial charge in [-0.2, -0.15) is 0 Å². The first-order valence-corrected chi connectivity index (χ1v) is 5.32. The van der Waals surface area contributed by atoms with Crippen LogP contribution in [0.5, 0.6) is 11.5 Å². The van der Waals surface area contributed by atoms with E-state index in [2.05, 4.69) is 4.74 Å². The summed E-state index contributed by atoms with van der Waals surface area (Å²) in [6, 6.07) is 5.01. The molecule has 16 heavy (non-hydrogen) atoms. The average molecular weight is 245 g/mol. The van der Waals surface area contributed by atoms with E-state index in [4.69, 9.17) is 21.1 Å². The van der Waals surface area contributed by atoms with Crippen molar-refractivity contribution in [3.8, 4) is 11.5 Å². The van der Waals surface area contributed by atoms with E-state index in [0.717, 1.165) is 0 Å². The van der Waals surface area contributed by atoms with E-state index < -0.39 is 6.16 Å². The fourth-order valence-electron chi connectivity index (χ4n) is 1.12. The minimum absolute atomic E-state index is 0.228. The van der Waals surface area contributed by atoms with Crippen LogP contribution in [0, 0.1) is 0 Å². The van der Waals surface area contributed by atoms with E-state index in [0.29, 0.717) is 17.1 Å². The number of rotatable bonds is 4. The second kappa shape index (κ2) is 6.23. The van der Waals surface area contributed by atoms with E-state index in [1.165, 1.54) is 0 Å². The maximum Gasteiger partial charge on any atom is 0.513 e. The highest BCUT2D eigenvalue weighted by molar-refractivity contribution is 6.17. The Kier molecular flexibility index (Phi) is 4.92. The largest absolute Gasteiger partial charge is 0.513 e. The van der Waals surface area contributed by atoms with E-state index in [1.54, 1.807) is 32.2 Å². The molecule has 0 N–H and O–H groups in total. The number of carbonyl (C=O) groups excluding carboxylic acids is 1. The molecule has 1 rings (SSSR count). The Bertz CT molecular complexity index is 365. The smallest absolute Gasteiger partial charge is 0.497 e. The predicted molar refractivity (Wildman–Crippen MR) is 60.2 cm³/mol. The Morgan fingerprint density at radius 1 is 1.44 bits per heavy atom. The molecule has 0 aliphatic rings. The van der Waals surface area contributed by atoms with E-state index in [1.807, 2.05) is 0 Å². The molecule has 0 fully saturated rings. The van der Waals surface area contributed by atoms with Crippen LogP contribution in [0.15, 0.2) is 18.2 Å². The fraction of sp³-hybridized carbons (Fsp3) is 0.364. The van der Waals surface area contributed by atoms with Gasteiger partial charge in [0.15, 0.2) is 0 Å². The van der Waals surface area contributed by atoms with Crippen molar-refractivity contribution < 1.29 is 19.0 Å². The van der Waals surface area contributed by atoms with E-state index in [9.17, 15) is 4.79 Å². The number of benzene rings is 1. The Labute approximate surface area is 99.1 Å². The molecule has 88 valence electrons. The third-order valence-corrected chi connectivity index (χ3v) is 2.16. The third kappa shape index (κ3) is 3.31. The lowest BCUT2D eigenvalue weighted by molar-refractivity contribution is 0.104. The van der Waals surface area contributed by atoms with Gasteiger partial charge in [-0.05, 0) is 25.1 Å². The lowest BCUT2D eigenvalue weighted by Gasteiger charge is -2.09. The predicted octanol–water partition coefficient (Wildman–Crippen LogP) is 2.97. The van der Waals surface area contributed by atoms with Crippen LogP contribution in [0.4, 0.5) is 4.79 Å². The van der Waals surface area contributed by atoms with Crippen LogP contribution >= 0.6 is 11.6 Å². The van der Waals surface area contributed by atoms with Gasteiger partial charge in [0.25, 0.3) is 0 Å². The molecule has 0 bridgehead atoms. The number of halogens is 1. The number of hydrogen-bond donors (Lipinski definition) is 0. The van der Waals surface area contributed by atoms with Crippen LogP contribution in [0.1, 0.15) is 12.5 Å². The van der Waals surface area contributed by atoms with Gasteiger partial charge in [0.1, 0.15) is 11.5 Å². The molecular weight excluding hydrogens is 232 g/mol. The molecule has 0 spiro atoms. The quantitative estimate of drug-likeness (QED) is 0.464. The highest BCUT2D eigenvalue weighted by Crippen LogP contribution is 2.25. The number of hydrogen-bond acceptors (Lipinski definition) is 4. The summed E-state index contributed by atoms with van der Waals surface area (Å²) in [6.45, 7) is 1.98. The SMILES string of the molecule is CCOC(=O)Oc1ccc(OC)cc1CCl. The van der Waals surface area contributed by atoms with Crippen LogP contribution in [0.2, 0.25) is 0 Å². The molecule has 0 amide bonds. The molecule has 1 aromatic carbocycles. The Balaban J connectivity index is 2.83. The zero-order chi connectivity index (χ0) is 12.0. The molecule has 5 heteroatoms. The molecule has 0 aromatic heterocycles. The van der Waals surface area contributed by atoms with Crippen LogP contribution in [0.3, 0.4) is 0 Å². The summed E-state index contributed by atoms with van der Waals surface area (Å²) in [4.78, 5) is 11.1. The summed E-state index contributed by atoms with van der Waals surface area (Å²) >= 11 is 5.73. The summed E-state index contributed by atoms with van der Waals surface area (Å²) in [5.74, 6) is 1.27. The second-order valence-electron chi connectivity index (χ2n) is 2.89. The highest BCUT2D eigenvalue weighted by Gasteiger charge is 2.10. The van der Waals surface area contributed by atoms with Crippen LogP contribution in [-0.4, -0.2) is 19.9 Å². The molecule has 0 atom stereocenters. The molecule has 0 aliphatic heterocycles. The van der Waals surface area contributed by atoms with E-state index >= 15 is 0 Å². The molecule has 0 saturated carbocycles. The average Bonchev–Trinajstić information content (AvgIpc) is 2.30. The molecule has 0 saturated heterocycles. The van der Waals surface area contributed by atoms with Crippen molar-refractivity contribution in [2.24, 2.45) is 0 Å². The van der Waals surface area contributed by atoms with Crippen LogP contribution in [0.25, 0.3) is 0 Å². The van der Waals surface area contributed by atoms with Gasteiger partial charge in [0.05, 0.1) is 19.6 Å². The first-order valence-electron chi connectivity index (χ1n) is 4.78. The Hall–Kier alpha value is -1.42. The van der Waals surface area contributed by atoms with Crippen molar-refractivity contribution in [2.75, 3.05) is 13.7 Å². The van der Waals surface area contributed by atoms with Gasteiger partial charge in [0, 0.05) is 5.56 Å². The zero-order valence-electron chi connectivity index (χ0n) is 9.16. The first-order chi connectivity index (χ1) is 7.71. The highest BCUT2D eigenvalue weighted by atomic mass is 35.5. The molecule has 0 aliphatic carbocycles. The lowest BCUT2D eigenvalue weighted by atomic mass is 10.2. The zero-order valence-corrected chi connectivity index (χ0v) is 9.91. The van der Waals surface area contributed by atoms with Gasteiger partial charge in [-0.25, -0.2) is 4.79 Å². The second-order valence-corrected chi connectivity index (χ2v) is 3.16.